The van der Waals surface area contributed by atoms with Crippen LogP contribution in [0.1, 0.15) is 57.9 Å². The van der Waals surface area contributed by atoms with E-state index in [2.05, 4.69) is 10.3 Å². The third-order valence-corrected chi connectivity index (χ3v) is 5.97. The van der Waals surface area contributed by atoms with Gasteiger partial charge in [-0.3, -0.25) is 9.59 Å². The number of aromatic nitrogens is 1. The molecule has 10 nitrogen and oxygen atoms in total. The number of esters is 1. The van der Waals surface area contributed by atoms with Gasteiger partial charge >= 0.3 is 5.97 Å². The largest absolute Gasteiger partial charge is 0.458 e. The van der Waals surface area contributed by atoms with Gasteiger partial charge in [-0.25, -0.2) is 22.9 Å². The molecule has 0 saturated carbocycles. The van der Waals surface area contributed by atoms with Crippen LogP contribution in [0, 0.1) is 0 Å². The number of amides is 2. The topological polar surface area (TPSA) is 141 Å². The number of rotatable bonds is 11. The van der Waals surface area contributed by atoms with Crippen LogP contribution in [0.2, 0.25) is 0 Å². The molecule has 1 heterocycles. The summed E-state index contributed by atoms with van der Waals surface area (Å²) in [6.45, 7) is 4.36. The lowest BCUT2D eigenvalue weighted by Crippen LogP contribution is -2.31. The van der Waals surface area contributed by atoms with E-state index in [0.29, 0.717) is 19.4 Å². The monoisotopic (exact) mass is 477 g/mol. The Balaban J connectivity index is 2.09. The van der Waals surface area contributed by atoms with E-state index in [9.17, 15) is 22.8 Å². The zero-order valence-corrected chi connectivity index (χ0v) is 19.5. The van der Waals surface area contributed by atoms with Crippen LogP contribution < -0.4 is 10.0 Å². The van der Waals surface area contributed by atoms with Gasteiger partial charge in [0.25, 0.3) is 21.8 Å². The molecule has 2 amide bonds. The van der Waals surface area contributed by atoms with E-state index in [1.54, 1.807) is 0 Å². The van der Waals surface area contributed by atoms with Crippen LogP contribution in [-0.2, 0) is 19.5 Å². The van der Waals surface area contributed by atoms with Gasteiger partial charge in [-0.05, 0) is 43.2 Å². The number of nitrogens with zero attached hydrogens (tertiary/aromatic N) is 1. The average Bonchev–Trinajstić information content (AvgIpc) is 2.82. The number of methoxy groups -OCH3 is 1. The molecule has 1 aromatic carbocycles. The normalized spacial score (nSPS) is 11.2. The summed E-state index contributed by atoms with van der Waals surface area (Å²) < 4.78 is 37.4. The first-order chi connectivity index (χ1) is 15.7. The van der Waals surface area contributed by atoms with Gasteiger partial charge in [-0.15, -0.1) is 0 Å². The average molecular weight is 478 g/mol. The number of ether oxygens (including phenoxy) is 2. The standard InChI is InChI=1S/C22H27N3O7S/c1-4-17(5-2)32-22(28)19-10-9-16(14-24-19)21(27)25-33(29,30)18-8-6-7-15(13-18)20(26)23-11-12-31-3/h6-10,13-14,17H,4-5,11-12H2,1-3H3,(H,23,26)(H,25,27). The van der Waals surface area contributed by atoms with Crippen molar-refractivity contribution in [1.29, 1.82) is 0 Å². The third-order valence-electron chi connectivity index (χ3n) is 4.64. The molecular formula is C22H27N3O7S. The second-order valence-corrected chi connectivity index (χ2v) is 8.67. The maximum absolute atomic E-state index is 12.6. The number of hydrogen-bond acceptors (Lipinski definition) is 8. The van der Waals surface area contributed by atoms with Crippen LogP contribution in [-0.4, -0.2) is 57.6 Å². The summed E-state index contributed by atoms with van der Waals surface area (Å²) in [7, 11) is -2.77. The Morgan fingerprint density at radius 3 is 2.36 bits per heavy atom. The van der Waals surface area contributed by atoms with E-state index in [4.69, 9.17) is 9.47 Å². The molecule has 33 heavy (non-hydrogen) atoms. The van der Waals surface area contributed by atoms with Crippen LogP contribution in [0.4, 0.5) is 0 Å². The maximum atomic E-state index is 12.6. The van der Waals surface area contributed by atoms with Gasteiger partial charge < -0.3 is 14.8 Å². The lowest BCUT2D eigenvalue weighted by molar-refractivity contribution is 0.0277. The van der Waals surface area contributed by atoms with Crippen LogP contribution in [0.25, 0.3) is 0 Å². The highest BCUT2D eigenvalue weighted by Crippen LogP contribution is 2.13. The van der Waals surface area contributed by atoms with Crippen molar-refractivity contribution in [2.24, 2.45) is 0 Å². The van der Waals surface area contributed by atoms with Crippen LogP contribution in [0.15, 0.2) is 47.5 Å². The smallest absolute Gasteiger partial charge is 0.357 e. The van der Waals surface area contributed by atoms with Crippen molar-refractivity contribution in [3.63, 3.8) is 0 Å². The molecule has 178 valence electrons. The Hall–Kier alpha value is -3.31. The Morgan fingerprint density at radius 1 is 1.03 bits per heavy atom. The predicted octanol–water partition coefficient (Wildman–Crippen LogP) is 1.92. The predicted molar refractivity (Wildman–Crippen MR) is 119 cm³/mol. The quantitative estimate of drug-likeness (QED) is 0.369. The zero-order chi connectivity index (χ0) is 24.4. The second kappa shape index (κ2) is 12.1. The van der Waals surface area contributed by atoms with Gasteiger partial charge in [0, 0.05) is 25.4 Å². The zero-order valence-electron chi connectivity index (χ0n) is 18.7. The highest BCUT2D eigenvalue weighted by Gasteiger charge is 2.21. The van der Waals surface area contributed by atoms with E-state index in [0.717, 1.165) is 12.3 Å². The minimum atomic E-state index is -4.26. The molecule has 0 bridgehead atoms. The molecule has 2 rings (SSSR count). The van der Waals surface area contributed by atoms with Crippen molar-refractivity contribution < 1.29 is 32.3 Å². The molecule has 0 aliphatic heterocycles. The van der Waals surface area contributed by atoms with E-state index >= 15 is 0 Å². The number of nitrogens with one attached hydrogen (secondary N) is 2. The van der Waals surface area contributed by atoms with Crippen LogP contribution in [0.5, 0.6) is 0 Å². The van der Waals surface area contributed by atoms with E-state index in [-0.39, 0.29) is 34.4 Å². The van der Waals surface area contributed by atoms with E-state index in [1.807, 2.05) is 18.6 Å². The number of benzene rings is 1. The highest BCUT2D eigenvalue weighted by atomic mass is 32.2. The Bertz CT molecular complexity index is 1080. The summed E-state index contributed by atoms with van der Waals surface area (Å²) in [6.07, 6.45) is 2.19. The molecule has 0 fully saturated rings. The first kappa shape index (κ1) is 25.9. The molecule has 1 aromatic heterocycles. The molecule has 0 saturated heterocycles. The summed E-state index contributed by atoms with van der Waals surface area (Å²) in [5.74, 6) is -2.03. The van der Waals surface area contributed by atoms with Crippen molar-refractivity contribution in [3.8, 4) is 0 Å². The fourth-order valence-electron chi connectivity index (χ4n) is 2.73. The summed E-state index contributed by atoms with van der Waals surface area (Å²) in [6, 6.07) is 7.83. The van der Waals surface area contributed by atoms with Crippen molar-refractivity contribution in [3.05, 3.63) is 59.4 Å². The first-order valence-corrected chi connectivity index (χ1v) is 11.8. The van der Waals surface area contributed by atoms with Crippen molar-refractivity contribution >= 4 is 27.8 Å². The molecule has 0 radical (unpaired) electrons. The van der Waals surface area contributed by atoms with E-state index in [1.165, 1.54) is 37.4 Å². The number of pyridine rings is 1. The molecule has 0 unspecified atom stereocenters. The molecule has 0 spiro atoms. The molecule has 11 heteroatoms. The van der Waals surface area contributed by atoms with Gasteiger partial charge in [-0.1, -0.05) is 19.9 Å². The third kappa shape index (κ3) is 7.36. The van der Waals surface area contributed by atoms with Crippen LogP contribution >= 0.6 is 0 Å². The minimum Gasteiger partial charge on any atom is -0.458 e. The summed E-state index contributed by atoms with van der Waals surface area (Å²) in [4.78, 5) is 40.3. The second-order valence-electron chi connectivity index (χ2n) is 6.99. The van der Waals surface area contributed by atoms with E-state index < -0.39 is 27.8 Å². The maximum Gasteiger partial charge on any atom is 0.357 e. The fraction of sp³-hybridized carbons (Fsp3) is 0.364. The SMILES string of the molecule is CCC(CC)OC(=O)c1ccc(C(=O)NS(=O)(=O)c2cccc(C(=O)NCCOC)c2)cn1. The van der Waals surface area contributed by atoms with Gasteiger partial charge in [-0.2, -0.15) is 0 Å². The molecule has 0 aliphatic carbocycles. The summed E-state index contributed by atoms with van der Waals surface area (Å²) >= 11 is 0. The van der Waals surface area contributed by atoms with Crippen LogP contribution in [0.3, 0.4) is 0 Å². The summed E-state index contributed by atoms with van der Waals surface area (Å²) in [5.41, 5.74) is 0.0584. The van der Waals surface area contributed by atoms with Crippen molar-refractivity contribution in [2.45, 2.75) is 37.7 Å². The van der Waals surface area contributed by atoms with Gasteiger partial charge in [0.15, 0.2) is 0 Å². The Labute approximate surface area is 192 Å². The molecular weight excluding hydrogens is 450 g/mol. The molecule has 2 aromatic rings. The number of hydrogen-bond donors (Lipinski definition) is 2. The molecule has 2 N–H and O–H groups in total. The first-order valence-electron chi connectivity index (χ1n) is 10.3. The Morgan fingerprint density at radius 2 is 1.76 bits per heavy atom. The fourth-order valence-corrected chi connectivity index (χ4v) is 3.75. The van der Waals surface area contributed by atoms with Gasteiger partial charge in [0.2, 0.25) is 0 Å². The lowest BCUT2D eigenvalue weighted by Gasteiger charge is -2.13. The lowest BCUT2D eigenvalue weighted by atomic mass is 10.2. The molecule has 0 atom stereocenters. The number of sulfonamides is 1. The molecule has 0 aliphatic rings. The van der Waals surface area contributed by atoms with Crippen molar-refractivity contribution in [2.75, 3.05) is 20.3 Å². The Kier molecular flexibility index (Phi) is 9.49. The summed E-state index contributed by atoms with van der Waals surface area (Å²) in [5, 5.41) is 2.59. The minimum absolute atomic E-state index is 0.00786. The van der Waals surface area contributed by atoms with Gasteiger partial charge in [0.1, 0.15) is 11.8 Å². The number of carbonyl (C=O) groups is 3. The van der Waals surface area contributed by atoms with Gasteiger partial charge in [0.05, 0.1) is 17.1 Å². The van der Waals surface area contributed by atoms with Crippen molar-refractivity contribution in [1.82, 2.24) is 15.0 Å². The number of carbonyl (C=O) groups excluding carboxylic acids is 3. The highest BCUT2D eigenvalue weighted by molar-refractivity contribution is 7.90.